The van der Waals surface area contributed by atoms with Gasteiger partial charge < -0.3 is 4.98 Å². The van der Waals surface area contributed by atoms with Crippen LogP contribution in [0.25, 0.3) is 33.8 Å². The van der Waals surface area contributed by atoms with Crippen LogP contribution in [-0.2, 0) is 0 Å². The molecule has 0 fully saturated rings. The van der Waals surface area contributed by atoms with Crippen molar-refractivity contribution in [2.45, 2.75) is 0 Å². The third-order valence-corrected chi connectivity index (χ3v) is 3.38. The number of benzene rings is 2. The fraction of sp³-hybridized carbons (Fsp3) is 0. The van der Waals surface area contributed by atoms with Gasteiger partial charge in [-0.15, -0.1) is 0 Å². The molecule has 4 nitrogen and oxygen atoms in total. The highest BCUT2D eigenvalue weighted by atomic mass is 15.0. The van der Waals surface area contributed by atoms with Crippen molar-refractivity contribution in [3.8, 4) is 22.6 Å². The van der Waals surface area contributed by atoms with E-state index in [2.05, 4.69) is 19.9 Å². The average Bonchev–Trinajstić information content (AvgIpc) is 3.00. The minimum Gasteiger partial charge on any atom is -0.335 e. The summed E-state index contributed by atoms with van der Waals surface area (Å²) in [5.74, 6) is 0.809. The van der Waals surface area contributed by atoms with E-state index in [1.807, 2.05) is 60.7 Å². The Balaban J connectivity index is 1.93. The predicted molar refractivity (Wildman–Crippen MR) is 82.6 cm³/mol. The van der Waals surface area contributed by atoms with Gasteiger partial charge >= 0.3 is 0 Å². The summed E-state index contributed by atoms with van der Waals surface area (Å²) in [7, 11) is 0. The normalized spacial score (nSPS) is 10.9. The summed E-state index contributed by atoms with van der Waals surface area (Å²) in [4.78, 5) is 16.6. The van der Waals surface area contributed by atoms with Gasteiger partial charge in [-0.05, 0) is 0 Å². The van der Waals surface area contributed by atoms with Crippen molar-refractivity contribution in [2.75, 3.05) is 0 Å². The zero-order valence-corrected chi connectivity index (χ0v) is 11.2. The average molecular weight is 272 g/mol. The van der Waals surface area contributed by atoms with Crippen LogP contribution in [0.5, 0.6) is 0 Å². The predicted octanol–water partition coefficient (Wildman–Crippen LogP) is 3.69. The van der Waals surface area contributed by atoms with Crippen LogP contribution in [0.2, 0.25) is 0 Å². The van der Waals surface area contributed by atoms with Crippen LogP contribution >= 0.6 is 0 Å². The van der Waals surface area contributed by atoms with Gasteiger partial charge in [0.05, 0.1) is 5.69 Å². The molecule has 100 valence electrons. The summed E-state index contributed by atoms with van der Waals surface area (Å²) in [6.07, 6.45) is 1.56. The lowest BCUT2D eigenvalue weighted by molar-refractivity contribution is 1.20. The number of nitrogens with one attached hydrogen (secondary N) is 1. The van der Waals surface area contributed by atoms with E-state index in [0.717, 1.165) is 28.2 Å². The highest BCUT2D eigenvalue weighted by molar-refractivity contribution is 5.88. The first-order chi connectivity index (χ1) is 10.4. The highest BCUT2D eigenvalue weighted by Crippen LogP contribution is 2.26. The molecule has 4 heteroatoms. The number of hydrogen-bond acceptors (Lipinski definition) is 3. The van der Waals surface area contributed by atoms with Gasteiger partial charge in [-0.1, -0.05) is 60.7 Å². The second kappa shape index (κ2) is 4.83. The number of nitrogens with zero attached hydrogens (tertiary/aromatic N) is 3. The van der Waals surface area contributed by atoms with Crippen molar-refractivity contribution in [1.29, 1.82) is 0 Å². The molecule has 2 heterocycles. The smallest absolute Gasteiger partial charge is 0.181 e. The van der Waals surface area contributed by atoms with E-state index in [4.69, 9.17) is 0 Å². The number of rotatable bonds is 2. The first-order valence-corrected chi connectivity index (χ1v) is 6.73. The van der Waals surface area contributed by atoms with Gasteiger partial charge in [0.2, 0.25) is 0 Å². The molecule has 21 heavy (non-hydrogen) atoms. The first-order valence-electron chi connectivity index (χ1n) is 6.73. The first kappa shape index (κ1) is 11.8. The Morgan fingerprint density at radius 1 is 0.714 bits per heavy atom. The van der Waals surface area contributed by atoms with E-state index in [1.54, 1.807) is 6.33 Å². The van der Waals surface area contributed by atoms with Crippen molar-refractivity contribution in [2.24, 2.45) is 0 Å². The molecular weight excluding hydrogens is 260 g/mol. The van der Waals surface area contributed by atoms with Crippen LogP contribution in [0.4, 0.5) is 0 Å². The van der Waals surface area contributed by atoms with Gasteiger partial charge in [0.15, 0.2) is 5.65 Å². The molecule has 1 N–H and O–H groups in total. The number of hydrogen-bond donors (Lipinski definition) is 1. The summed E-state index contributed by atoms with van der Waals surface area (Å²) >= 11 is 0. The maximum Gasteiger partial charge on any atom is 0.181 e. The van der Waals surface area contributed by atoms with Crippen molar-refractivity contribution in [3.63, 3.8) is 0 Å². The third-order valence-electron chi connectivity index (χ3n) is 3.38. The van der Waals surface area contributed by atoms with E-state index >= 15 is 0 Å². The minimum absolute atomic E-state index is 0.683. The van der Waals surface area contributed by atoms with Crippen LogP contribution in [0.3, 0.4) is 0 Å². The van der Waals surface area contributed by atoms with Crippen LogP contribution in [0.15, 0.2) is 67.0 Å². The van der Waals surface area contributed by atoms with Crippen LogP contribution in [-0.4, -0.2) is 19.9 Å². The van der Waals surface area contributed by atoms with Crippen LogP contribution < -0.4 is 0 Å². The third kappa shape index (κ3) is 2.07. The minimum atomic E-state index is 0.683. The topological polar surface area (TPSA) is 54.5 Å². The van der Waals surface area contributed by atoms with Gasteiger partial charge in [0, 0.05) is 11.1 Å². The molecule has 0 aliphatic rings. The molecule has 0 bridgehead atoms. The molecule has 4 rings (SSSR count). The van der Waals surface area contributed by atoms with Crippen LogP contribution in [0.1, 0.15) is 0 Å². The summed E-state index contributed by atoms with van der Waals surface area (Å²) in [5, 5.41) is 0. The summed E-state index contributed by atoms with van der Waals surface area (Å²) in [6, 6.07) is 20.1. The number of imidazole rings is 1. The maximum absolute atomic E-state index is 4.56. The van der Waals surface area contributed by atoms with Crippen molar-refractivity contribution in [3.05, 3.63) is 67.0 Å². The molecule has 2 aromatic carbocycles. The Hall–Kier alpha value is -3.01. The molecule has 4 aromatic rings. The zero-order chi connectivity index (χ0) is 14.1. The lowest BCUT2D eigenvalue weighted by Gasteiger charge is -2.00. The number of aromatic nitrogens is 4. The Bertz CT molecular complexity index is 882. The fourth-order valence-corrected chi connectivity index (χ4v) is 2.38. The Morgan fingerprint density at radius 2 is 1.38 bits per heavy atom. The van der Waals surface area contributed by atoms with E-state index in [-0.39, 0.29) is 0 Å². The quantitative estimate of drug-likeness (QED) is 0.605. The molecular formula is C17H12N4. The van der Waals surface area contributed by atoms with Crippen molar-refractivity contribution in [1.82, 2.24) is 19.9 Å². The Kier molecular flexibility index (Phi) is 2.71. The number of aromatic amines is 1. The molecule has 0 aliphatic carbocycles. The van der Waals surface area contributed by atoms with E-state index < -0.39 is 0 Å². The number of fused-ring (bicyclic) bond motifs is 1. The zero-order valence-electron chi connectivity index (χ0n) is 11.2. The molecule has 0 aliphatic heterocycles. The Labute approximate surface area is 121 Å². The largest absolute Gasteiger partial charge is 0.335 e. The molecule has 0 atom stereocenters. The monoisotopic (exact) mass is 272 g/mol. The Morgan fingerprint density at radius 3 is 2.10 bits per heavy atom. The summed E-state index contributed by atoms with van der Waals surface area (Å²) in [5.41, 5.74) is 4.50. The fourth-order valence-electron chi connectivity index (χ4n) is 2.38. The maximum atomic E-state index is 4.56. The molecule has 0 unspecified atom stereocenters. The molecule has 0 saturated heterocycles. The van der Waals surface area contributed by atoms with Crippen molar-refractivity contribution >= 4 is 11.2 Å². The van der Waals surface area contributed by atoms with Gasteiger partial charge in [0.25, 0.3) is 0 Å². The van der Waals surface area contributed by atoms with E-state index in [9.17, 15) is 0 Å². The van der Waals surface area contributed by atoms with E-state index in [0.29, 0.717) is 5.65 Å². The summed E-state index contributed by atoms with van der Waals surface area (Å²) in [6.45, 7) is 0. The lowest BCUT2D eigenvalue weighted by atomic mass is 10.1. The summed E-state index contributed by atoms with van der Waals surface area (Å²) < 4.78 is 0. The molecule has 0 amide bonds. The molecule has 0 radical (unpaired) electrons. The second-order valence-electron chi connectivity index (χ2n) is 4.74. The number of H-pyrrole nitrogens is 1. The second-order valence-corrected chi connectivity index (χ2v) is 4.74. The van der Waals surface area contributed by atoms with Gasteiger partial charge in [-0.25, -0.2) is 15.0 Å². The molecule has 2 aromatic heterocycles. The van der Waals surface area contributed by atoms with Crippen LogP contribution in [0, 0.1) is 0 Å². The molecule has 0 spiro atoms. The van der Waals surface area contributed by atoms with Crippen molar-refractivity contribution < 1.29 is 0 Å². The molecule has 0 saturated carbocycles. The van der Waals surface area contributed by atoms with Gasteiger partial charge in [0.1, 0.15) is 17.7 Å². The highest BCUT2D eigenvalue weighted by Gasteiger charge is 2.11. The lowest BCUT2D eigenvalue weighted by Crippen LogP contribution is -1.87. The van der Waals surface area contributed by atoms with Gasteiger partial charge in [-0.2, -0.15) is 0 Å². The van der Waals surface area contributed by atoms with Gasteiger partial charge in [-0.3, -0.25) is 0 Å². The standard InChI is InChI=1S/C17H12N4/c1-3-7-12(8-4-1)14-15-17(19-11-18-14)21-16(20-15)13-9-5-2-6-10-13/h1-11H,(H,18,19,20,21). The SMILES string of the molecule is c1ccc(-c2nc3ncnc(-c4ccccc4)c3[nH]2)cc1. The van der Waals surface area contributed by atoms with E-state index in [1.165, 1.54) is 0 Å².